The van der Waals surface area contributed by atoms with Crippen molar-refractivity contribution in [1.29, 1.82) is 0 Å². The van der Waals surface area contributed by atoms with E-state index in [-0.39, 0.29) is 24.5 Å². The molecule has 41 heavy (non-hydrogen) atoms. The Kier molecular flexibility index (Phi) is 11.7. The first-order chi connectivity index (χ1) is 20.0. The van der Waals surface area contributed by atoms with Crippen LogP contribution in [-0.2, 0) is 46.5 Å². The molecular formula is C32H42N2O7. The molecule has 2 aliphatic rings. The number of ether oxygens (including phenoxy) is 4. The Bertz CT molecular complexity index is 1110. The van der Waals surface area contributed by atoms with Gasteiger partial charge in [0.25, 0.3) is 11.8 Å². The van der Waals surface area contributed by atoms with Gasteiger partial charge < -0.3 is 28.7 Å². The van der Waals surface area contributed by atoms with Gasteiger partial charge in [0.1, 0.15) is 24.9 Å². The molecule has 2 aliphatic heterocycles. The molecule has 4 atom stereocenters. The van der Waals surface area contributed by atoms with Gasteiger partial charge in [0.15, 0.2) is 0 Å². The number of carbonyl (C=O) groups excluding carboxylic acids is 3. The summed E-state index contributed by atoms with van der Waals surface area (Å²) in [4.78, 5) is 43.1. The van der Waals surface area contributed by atoms with Crippen LogP contribution >= 0.6 is 0 Å². The summed E-state index contributed by atoms with van der Waals surface area (Å²) in [6.45, 7) is 2.26. The number of rotatable bonds is 14. The van der Waals surface area contributed by atoms with Gasteiger partial charge in [0.2, 0.25) is 0 Å². The van der Waals surface area contributed by atoms with Gasteiger partial charge >= 0.3 is 5.97 Å². The first-order valence-corrected chi connectivity index (χ1v) is 14.5. The van der Waals surface area contributed by atoms with Crippen LogP contribution in [0.5, 0.6) is 0 Å². The van der Waals surface area contributed by atoms with Crippen LogP contribution in [0.2, 0.25) is 0 Å². The molecule has 2 fully saturated rings. The van der Waals surface area contributed by atoms with E-state index in [0.717, 1.165) is 30.4 Å². The third-order valence-corrected chi connectivity index (χ3v) is 7.92. The predicted molar refractivity (Wildman–Crippen MR) is 153 cm³/mol. The molecule has 2 heterocycles. The molecule has 222 valence electrons. The zero-order chi connectivity index (χ0) is 29.0. The normalized spacial score (nSPS) is 20.1. The Morgan fingerprint density at radius 1 is 0.756 bits per heavy atom. The molecule has 2 aromatic carbocycles. The molecule has 2 saturated heterocycles. The minimum Gasteiger partial charge on any atom is -0.459 e. The molecule has 0 aromatic heterocycles. The second-order valence-corrected chi connectivity index (χ2v) is 10.6. The third-order valence-electron chi connectivity index (χ3n) is 7.92. The lowest BCUT2D eigenvalue weighted by atomic mass is 10.1. The number of likely N-dealkylation sites (tertiary alicyclic amines) is 2. The van der Waals surface area contributed by atoms with Crippen molar-refractivity contribution in [3.63, 3.8) is 0 Å². The Hall–Kier alpha value is -3.27. The number of methoxy groups -OCH3 is 2. The molecule has 9 heteroatoms. The second kappa shape index (κ2) is 15.7. The van der Waals surface area contributed by atoms with E-state index in [1.165, 1.54) is 14.2 Å². The molecule has 0 radical (unpaired) electrons. The fourth-order valence-electron chi connectivity index (χ4n) is 5.64. The molecule has 1 unspecified atom stereocenters. The van der Waals surface area contributed by atoms with Gasteiger partial charge in [-0.25, -0.2) is 4.79 Å². The first kappa shape index (κ1) is 30.7. The molecule has 2 amide bonds. The minimum atomic E-state index is -0.786. The van der Waals surface area contributed by atoms with Gasteiger partial charge in [-0.2, -0.15) is 0 Å². The monoisotopic (exact) mass is 566 g/mol. The van der Waals surface area contributed by atoms with Gasteiger partial charge in [0, 0.05) is 27.3 Å². The SMILES string of the molecule is CO[C@@H](CC[C@H](OC)C(=O)N1CCC[C@@H]1COCc1ccccc1)C(=O)N1CCCC1C(=O)OCc1ccccc1. The van der Waals surface area contributed by atoms with Crippen LogP contribution in [0.25, 0.3) is 0 Å². The highest BCUT2D eigenvalue weighted by molar-refractivity contribution is 5.88. The lowest BCUT2D eigenvalue weighted by Crippen LogP contribution is -2.47. The van der Waals surface area contributed by atoms with E-state index in [2.05, 4.69) is 0 Å². The summed E-state index contributed by atoms with van der Waals surface area (Å²) in [6.07, 6.45) is 2.21. The lowest BCUT2D eigenvalue weighted by molar-refractivity contribution is -0.158. The maximum absolute atomic E-state index is 13.4. The summed E-state index contributed by atoms with van der Waals surface area (Å²) in [6, 6.07) is 18.8. The van der Waals surface area contributed by atoms with Crippen molar-refractivity contribution in [2.45, 2.75) is 76.0 Å². The Morgan fingerprint density at radius 2 is 1.29 bits per heavy atom. The summed E-state index contributed by atoms with van der Waals surface area (Å²) in [5.41, 5.74) is 1.99. The molecule has 0 aliphatic carbocycles. The van der Waals surface area contributed by atoms with Gasteiger partial charge in [0.05, 0.1) is 19.3 Å². The number of hydrogen-bond acceptors (Lipinski definition) is 7. The molecule has 0 N–H and O–H groups in total. The highest BCUT2D eigenvalue weighted by Gasteiger charge is 2.39. The number of amides is 2. The van der Waals surface area contributed by atoms with Crippen molar-refractivity contribution < 1.29 is 33.3 Å². The molecule has 2 aromatic rings. The van der Waals surface area contributed by atoms with Crippen molar-refractivity contribution >= 4 is 17.8 Å². The van der Waals surface area contributed by atoms with Crippen LogP contribution < -0.4 is 0 Å². The molecular weight excluding hydrogens is 524 g/mol. The van der Waals surface area contributed by atoms with Crippen LogP contribution in [-0.4, -0.2) is 85.8 Å². The van der Waals surface area contributed by atoms with E-state index in [0.29, 0.717) is 45.6 Å². The third kappa shape index (κ3) is 8.38. The highest BCUT2D eigenvalue weighted by Crippen LogP contribution is 2.24. The van der Waals surface area contributed by atoms with Gasteiger partial charge in [-0.1, -0.05) is 60.7 Å². The second-order valence-electron chi connectivity index (χ2n) is 10.6. The van der Waals surface area contributed by atoms with Crippen LogP contribution in [0.1, 0.15) is 49.7 Å². The number of benzene rings is 2. The Balaban J connectivity index is 1.27. The fraction of sp³-hybridized carbons (Fsp3) is 0.531. The Labute approximate surface area is 242 Å². The largest absolute Gasteiger partial charge is 0.459 e. The van der Waals surface area contributed by atoms with E-state index in [1.54, 1.807) is 4.90 Å². The number of hydrogen-bond donors (Lipinski definition) is 0. The van der Waals surface area contributed by atoms with E-state index >= 15 is 0 Å². The average Bonchev–Trinajstić information content (AvgIpc) is 3.69. The van der Waals surface area contributed by atoms with Crippen molar-refractivity contribution in [3.8, 4) is 0 Å². The summed E-state index contributed by atoms with van der Waals surface area (Å²) < 4.78 is 22.6. The zero-order valence-electron chi connectivity index (χ0n) is 24.1. The van der Waals surface area contributed by atoms with Crippen molar-refractivity contribution in [3.05, 3.63) is 71.8 Å². The van der Waals surface area contributed by atoms with Crippen molar-refractivity contribution in [1.82, 2.24) is 9.80 Å². The summed E-state index contributed by atoms with van der Waals surface area (Å²) in [7, 11) is 2.99. The number of esters is 1. The summed E-state index contributed by atoms with van der Waals surface area (Å²) in [5.74, 6) is -0.763. The van der Waals surface area contributed by atoms with Crippen LogP contribution in [0, 0.1) is 0 Å². The molecule has 4 rings (SSSR count). The molecule has 0 saturated carbocycles. The Morgan fingerprint density at radius 3 is 1.90 bits per heavy atom. The average molecular weight is 567 g/mol. The quantitative estimate of drug-likeness (QED) is 0.322. The summed E-state index contributed by atoms with van der Waals surface area (Å²) in [5, 5.41) is 0. The van der Waals surface area contributed by atoms with E-state index in [4.69, 9.17) is 18.9 Å². The van der Waals surface area contributed by atoms with E-state index in [1.807, 2.05) is 65.6 Å². The lowest BCUT2D eigenvalue weighted by Gasteiger charge is -2.30. The maximum Gasteiger partial charge on any atom is 0.329 e. The molecule has 0 bridgehead atoms. The van der Waals surface area contributed by atoms with Crippen LogP contribution in [0.3, 0.4) is 0 Å². The standard InChI is InChI=1S/C32H42N2O7/c1-38-28(30(35)33-19-9-15-26(33)23-40-21-24-11-5-3-6-12-24)17-18-29(39-2)31(36)34-20-10-16-27(34)32(37)41-22-25-13-7-4-8-14-25/h3-8,11-14,26-29H,9-10,15-23H2,1-2H3/t26-,27?,28+,29+/m1/s1. The molecule has 9 nitrogen and oxygen atoms in total. The number of nitrogens with zero attached hydrogens (tertiary/aromatic N) is 2. The van der Waals surface area contributed by atoms with Crippen LogP contribution in [0.15, 0.2) is 60.7 Å². The van der Waals surface area contributed by atoms with Crippen LogP contribution in [0.4, 0.5) is 0 Å². The van der Waals surface area contributed by atoms with Crippen molar-refractivity contribution in [2.24, 2.45) is 0 Å². The van der Waals surface area contributed by atoms with Gasteiger partial charge in [-0.15, -0.1) is 0 Å². The smallest absolute Gasteiger partial charge is 0.329 e. The maximum atomic E-state index is 13.4. The first-order valence-electron chi connectivity index (χ1n) is 14.5. The topological polar surface area (TPSA) is 94.6 Å². The van der Waals surface area contributed by atoms with Gasteiger partial charge in [-0.05, 0) is 49.7 Å². The zero-order valence-corrected chi connectivity index (χ0v) is 24.1. The van der Waals surface area contributed by atoms with E-state index in [9.17, 15) is 14.4 Å². The van der Waals surface area contributed by atoms with Gasteiger partial charge in [-0.3, -0.25) is 9.59 Å². The minimum absolute atomic E-state index is 0.00373. The summed E-state index contributed by atoms with van der Waals surface area (Å²) >= 11 is 0. The van der Waals surface area contributed by atoms with Crippen molar-refractivity contribution in [2.75, 3.05) is 33.9 Å². The number of carbonyl (C=O) groups is 3. The predicted octanol–water partition coefficient (Wildman–Crippen LogP) is 3.74. The molecule has 0 spiro atoms. The fourth-order valence-corrected chi connectivity index (χ4v) is 5.64. The van der Waals surface area contributed by atoms with E-state index < -0.39 is 24.2 Å². The highest BCUT2D eigenvalue weighted by atomic mass is 16.5.